The van der Waals surface area contributed by atoms with Crippen LogP contribution in [0.4, 0.5) is 13.2 Å². The van der Waals surface area contributed by atoms with Crippen molar-refractivity contribution in [1.29, 1.82) is 0 Å². The summed E-state index contributed by atoms with van der Waals surface area (Å²) in [5.41, 5.74) is -4.89. The van der Waals surface area contributed by atoms with Crippen molar-refractivity contribution in [1.82, 2.24) is 0 Å². The molecule has 0 saturated carbocycles. The maximum Gasteiger partial charge on any atom is 0.449 e. The molecule has 0 fully saturated rings. The van der Waals surface area contributed by atoms with Crippen LogP contribution in [0, 0.1) is 0 Å². The van der Waals surface area contributed by atoms with Crippen molar-refractivity contribution in [3.05, 3.63) is 17.7 Å². The van der Waals surface area contributed by atoms with Crippen LogP contribution in [0.5, 0.6) is 17.2 Å². The molecule has 0 aliphatic carbocycles. The summed E-state index contributed by atoms with van der Waals surface area (Å²) in [6, 6.07) is 2.53. The number of benzene rings is 1. The number of hydrogen-bond acceptors (Lipinski definition) is 5. The summed E-state index contributed by atoms with van der Waals surface area (Å²) in [6.45, 7) is 0. The molecule has 0 amide bonds. The fraction of sp³-hybridized carbons (Fsp3) is 0.364. The van der Waals surface area contributed by atoms with Crippen LogP contribution < -0.4 is 14.2 Å². The van der Waals surface area contributed by atoms with E-state index in [0.717, 1.165) is 0 Å². The van der Waals surface area contributed by atoms with Crippen LogP contribution in [-0.2, 0) is 0 Å². The second kappa shape index (κ2) is 6.05. The number of methoxy groups -OCH3 is 3. The lowest BCUT2D eigenvalue weighted by atomic mass is 10.2. The molecule has 0 spiro atoms. The maximum absolute atomic E-state index is 12.2. The van der Waals surface area contributed by atoms with Crippen molar-refractivity contribution in [2.75, 3.05) is 21.3 Å². The van der Waals surface area contributed by atoms with Crippen molar-refractivity contribution in [2.45, 2.75) is 5.51 Å². The Labute approximate surface area is 111 Å². The van der Waals surface area contributed by atoms with Gasteiger partial charge in [0.15, 0.2) is 11.5 Å². The third-order valence-corrected chi connectivity index (χ3v) is 2.77. The van der Waals surface area contributed by atoms with Gasteiger partial charge in [-0.15, -0.1) is 0 Å². The molecule has 0 aliphatic heterocycles. The van der Waals surface area contributed by atoms with Gasteiger partial charge >= 0.3 is 5.51 Å². The van der Waals surface area contributed by atoms with Crippen LogP contribution in [0.1, 0.15) is 10.4 Å². The molecule has 0 unspecified atom stereocenters. The first-order valence-corrected chi connectivity index (χ1v) is 5.74. The molecule has 19 heavy (non-hydrogen) atoms. The highest BCUT2D eigenvalue weighted by Gasteiger charge is 2.35. The van der Waals surface area contributed by atoms with Crippen molar-refractivity contribution in [2.24, 2.45) is 0 Å². The van der Waals surface area contributed by atoms with Gasteiger partial charge in [-0.1, -0.05) is 0 Å². The molecular formula is C11H11F3O4S. The van der Waals surface area contributed by atoms with Crippen LogP contribution in [0.3, 0.4) is 0 Å². The highest BCUT2D eigenvalue weighted by molar-refractivity contribution is 8.14. The Bertz CT molecular complexity index is 474. The molecule has 0 heterocycles. The molecule has 106 valence electrons. The normalized spacial score (nSPS) is 11.1. The molecule has 0 N–H and O–H groups in total. The second-order valence-corrected chi connectivity index (χ2v) is 4.25. The molecule has 0 aromatic heterocycles. The largest absolute Gasteiger partial charge is 0.493 e. The Morgan fingerprint density at radius 1 is 1.05 bits per heavy atom. The highest BCUT2D eigenvalue weighted by atomic mass is 32.2. The van der Waals surface area contributed by atoms with Gasteiger partial charge in [0.1, 0.15) is 0 Å². The van der Waals surface area contributed by atoms with Gasteiger partial charge in [0.2, 0.25) is 10.9 Å². The lowest BCUT2D eigenvalue weighted by molar-refractivity contribution is -0.0322. The summed E-state index contributed by atoms with van der Waals surface area (Å²) in [7, 11) is 3.89. The summed E-state index contributed by atoms with van der Waals surface area (Å²) in [5.74, 6) is 0.232. The van der Waals surface area contributed by atoms with Crippen LogP contribution in [0.2, 0.25) is 0 Å². The molecule has 1 aromatic carbocycles. The van der Waals surface area contributed by atoms with E-state index < -0.39 is 22.4 Å². The number of thioether (sulfide) groups is 1. The fourth-order valence-corrected chi connectivity index (χ4v) is 1.90. The van der Waals surface area contributed by atoms with Gasteiger partial charge < -0.3 is 14.2 Å². The lowest BCUT2D eigenvalue weighted by Crippen LogP contribution is -2.08. The fourth-order valence-electron chi connectivity index (χ4n) is 1.42. The molecule has 4 nitrogen and oxygen atoms in total. The first-order valence-electron chi connectivity index (χ1n) is 4.93. The van der Waals surface area contributed by atoms with Crippen LogP contribution in [0.15, 0.2) is 12.1 Å². The van der Waals surface area contributed by atoms with E-state index in [0.29, 0.717) is 0 Å². The summed E-state index contributed by atoms with van der Waals surface area (Å²) < 4.78 is 51.5. The number of halogens is 3. The highest BCUT2D eigenvalue weighted by Crippen LogP contribution is 2.43. The van der Waals surface area contributed by atoms with Gasteiger partial charge in [0, 0.05) is 11.8 Å². The summed E-state index contributed by atoms with van der Waals surface area (Å²) in [6.07, 6.45) is 0. The van der Waals surface area contributed by atoms with Gasteiger partial charge in [-0.25, -0.2) is 0 Å². The monoisotopic (exact) mass is 296 g/mol. The first kappa shape index (κ1) is 15.5. The maximum atomic E-state index is 12.2. The molecular weight excluding hydrogens is 285 g/mol. The van der Waals surface area contributed by atoms with Crippen molar-refractivity contribution >= 4 is 16.9 Å². The van der Waals surface area contributed by atoms with E-state index >= 15 is 0 Å². The second-order valence-electron chi connectivity index (χ2n) is 3.22. The molecule has 0 atom stereocenters. The van der Waals surface area contributed by atoms with E-state index in [1.54, 1.807) is 0 Å². The van der Waals surface area contributed by atoms with Gasteiger partial charge in [0.25, 0.3) is 0 Å². The van der Waals surface area contributed by atoms with Gasteiger partial charge in [0.05, 0.1) is 26.9 Å². The summed E-state index contributed by atoms with van der Waals surface area (Å²) in [4.78, 5) is 11.6. The van der Waals surface area contributed by atoms with Gasteiger partial charge in [-0.3, -0.25) is 4.79 Å². The predicted octanol–water partition coefficient (Wildman–Crippen LogP) is 3.11. The molecule has 0 aliphatic rings. The quantitative estimate of drug-likeness (QED) is 0.854. The molecule has 0 saturated heterocycles. The van der Waals surface area contributed by atoms with E-state index in [9.17, 15) is 18.0 Å². The minimum atomic E-state index is -4.66. The average molecular weight is 296 g/mol. The van der Waals surface area contributed by atoms with Crippen molar-refractivity contribution < 1.29 is 32.2 Å². The number of hydrogen-bond donors (Lipinski definition) is 0. The zero-order valence-corrected chi connectivity index (χ0v) is 11.1. The van der Waals surface area contributed by atoms with E-state index in [4.69, 9.17) is 14.2 Å². The predicted molar refractivity (Wildman–Crippen MR) is 64.1 cm³/mol. The van der Waals surface area contributed by atoms with Gasteiger partial charge in [-0.2, -0.15) is 13.2 Å². The third-order valence-electron chi connectivity index (χ3n) is 2.13. The average Bonchev–Trinajstić information content (AvgIpc) is 2.34. The molecule has 8 heteroatoms. The van der Waals surface area contributed by atoms with E-state index in [2.05, 4.69) is 0 Å². The number of alkyl halides is 3. The van der Waals surface area contributed by atoms with E-state index in [-0.39, 0.29) is 22.8 Å². The zero-order valence-electron chi connectivity index (χ0n) is 10.3. The Kier molecular flexibility index (Phi) is 4.93. The van der Waals surface area contributed by atoms with Gasteiger partial charge in [-0.05, 0) is 12.1 Å². The number of rotatable bonds is 4. The van der Waals surface area contributed by atoms with E-state index in [1.807, 2.05) is 0 Å². The Hall–Kier alpha value is -1.57. The van der Waals surface area contributed by atoms with E-state index in [1.165, 1.54) is 33.5 Å². The van der Waals surface area contributed by atoms with Crippen molar-refractivity contribution in [3.8, 4) is 17.2 Å². The van der Waals surface area contributed by atoms with Crippen LogP contribution in [0.25, 0.3) is 0 Å². The smallest absolute Gasteiger partial charge is 0.449 e. The summed E-state index contributed by atoms with van der Waals surface area (Å²) in [5, 5.41) is -1.18. The topological polar surface area (TPSA) is 44.8 Å². The zero-order chi connectivity index (χ0) is 14.6. The standard InChI is InChI=1S/C11H11F3O4S/c1-16-7-5-4-6(8(17-2)9(7)18-3)10(15)19-11(12,13)14/h4-5H,1-3H3. The Balaban J connectivity index is 3.25. The first-order chi connectivity index (χ1) is 8.84. The van der Waals surface area contributed by atoms with Crippen molar-refractivity contribution in [3.63, 3.8) is 0 Å². The Morgan fingerprint density at radius 2 is 1.63 bits per heavy atom. The van der Waals surface area contributed by atoms with Crippen LogP contribution in [-0.4, -0.2) is 32.0 Å². The molecule has 0 radical (unpaired) electrons. The Morgan fingerprint density at radius 3 is 2.05 bits per heavy atom. The molecule has 1 rings (SSSR count). The summed E-state index contributed by atoms with van der Waals surface area (Å²) >= 11 is -0.743. The number of ether oxygens (including phenoxy) is 3. The molecule has 0 bridgehead atoms. The minimum Gasteiger partial charge on any atom is -0.493 e. The number of carbonyl (C=O) groups excluding carboxylic acids is 1. The van der Waals surface area contributed by atoms with Crippen LogP contribution >= 0.6 is 11.8 Å². The third kappa shape index (κ3) is 3.69. The number of carbonyl (C=O) groups is 1. The minimum absolute atomic E-state index is 0.0682. The SMILES string of the molecule is COc1ccc(C(=O)SC(F)(F)F)c(OC)c1OC. The molecule has 1 aromatic rings. The lowest BCUT2D eigenvalue weighted by Gasteiger charge is -2.15.